The highest BCUT2D eigenvalue weighted by molar-refractivity contribution is 7.91. The molecule has 1 aliphatic heterocycles. The van der Waals surface area contributed by atoms with Crippen LogP contribution in [0.3, 0.4) is 0 Å². The highest BCUT2D eigenvalue weighted by Crippen LogP contribution is 2.19. The molecule has 1 unspecified atom stereocenters. The number of anilines is 1. The molecule has 9 heteroatoms. The van der Waals surface area contributed by atoms with E-state index in [-0.39, 0.29) is 29.1 Å². The molecule has 0 radical (unpaired) electrons. The van der Waals surface area contributed by atoms with Crippen molar-refractivity contribution in [3.05, 3.63) is 42.5 Å². The highest BCUT2D eigenvalue weighted by atomic mass is 32.2. The predicted molar refractivity (Wildman–Crippen MR) is 110 cm³/mol. The summed E-state index contributed by atoms with van der Waals surface area (Å²) in [6.45, 7) is 1.02. The summed E-state index contributed by atoms with van der Waals surface area (Å²) >= 11 is 0. The van der Waals surface area contributed by atoms with Gasteiger partial charge in [0.25, 0.3) is 0 Å². The van der Waals surface area contributed by atoms with Gasteiger partial charge in [0.15, 0.2) is 15.7 Å². The lowest BCUT2D eigenvalue weighted by Gasteiger charge is -2.32. The third kappa shape index (κ3) is 5.66. The van der Waals surface area contributed by atoms with E-state index >= 15 is 0 Å². The summed E-state index contributed by atoms with van der Waals surface area (Å²) in [5.74, 6) is 0.779. The number of hydrogen-bond acceptors (Lipinski definition) is 7. The van der Waals surface area contributed by atoms with Crippen molar-refractivity contribution >= 4 is 21.6 Å². The summed E-state index contributed by atoms with van der Waals surface area (Å²) in [7, 11) is 0.296. The Morgan fingerprint density at radius 3 is 2.59 bits per heavy atom. The lowest BCUT2D eigenvalue weighted by Crippen LogP contribution is -2.44. The Morgan fingerprint density at radius 1 is 1.17 bits per heavy atom. The molecule has 0 N–H and O–H groups in total. The van der Waals surface area contributed by atoms with Gasteiger partial charge >= 0.3 is 0 Å². The van der Waals surface area contributed by atoms with Gasteiger partial charge in [0, 0.05) is 33.1 Å². The molecule has 0 spiro atoms. The number of hydrogen-bond donors (Lipinski definition) is 0. The van der Waals surface area contributed by atoms with Crippen molar-refractivity contribution in [2.75, 3.05) is 37.8 Å². The minimum atomic E-state index is -3.47. The zero-order chi connectivity index (χ0) is 20.9. The van der Waals surface area contributed by atoms with Crippen LogP contribution in [0.2, 0.25) is 0 Å². The van der Waals surface area contributed by atoms with Crippen LogP contribution in [-0.2, 0) is 14.6 Å². The lowest BCUT2D eigenvalue weighted by molar-refractivity contribution is -0.133. The first-order chi connectivity index (χ1) is 13.8. The first kappa shape index (κ1) is 21.0. The average Bonchev–Trinajstić information content (AvgIpc) is 2.73. The molecule has 1 atom stereocenters. The molecule has 2 aromatic rings. The molecule has 8 nitrogen and oxygen atoms in total. The molecule has 0 saturated carbocycles. The van der Waals surface area contributed by atoms with Gasteiger partial charge in [-0.2, -0.15) is 0 Å². The molecule has 29 heavy (non-hydrogen) atoms. The van der Waals surface area contributed by atoms with Crippen molar-refractivity contribution in [2.45, 2.75) is 30.3 Å². The number of carbonyl (C=O) groups excluding carboxylic acids is 1. The number of rotatable bonds is 7. The van der Waals surface area contributed by atoms with Gasteiger partial charge in [-0.25, -0.2) is 8.42 Å². The third-order valence-corrected chi connectivity index (χ3v) is 6.52. The molecule has 1 aromatic heterocycles. The van der Waals surface area contributed by atoms with E-state index in [0.717, 1.165) is 18.7 Å². The number of ether oxygens (including phenoxy) is 1. The van der Waals surface area contributed by atoms with E-state index < -0.39 is 9.84 Å². The van der Waals surface area contributed by atoms with Gasteiger partial charge < -0.3 is 14.5 Å². The fourth-order valence-electron chi connectivity index (χ4n) is 3.17. The lowest BCUT2D eigenvalue weighted by atomic mass is 10.1. The van der Waals surface area contributed by atoms with Gasteiger partial charge in [-0.3, -0.25) is 4.79 Å². The zero-order valence-electron chi connectivity index (χ0n) is 16.7. The van der Waals surface area contributed by atoms with Gasteiger partial charge in [0.05, 0.1) is 17.2 Å². The Kier molecular flexibility index (Phi) is 6.68. The number of likely N-dealkylation sites (tertiary alicyclic amines) is 1. The summed E-state index contributed by atoms with van der Waals surface area (Å²) in [6.07, 6.45) is 1.38. The average molecular weight is 419 g/mol. The Morgan fingerprint density at radius 2 is 1.93 bits per heavy atom. The van der Waals surface area contributed by atoms with E-state index in [4.69, 9.17) is 4.74 Å². The number of benzene rings is 1. The number of carbonyl (C=O) groups is 1. The van der Waals surface area contributed by atoms with Crippen LogP contribution in [0.4, 0.5) is 5.82 Å². The van der Waals surface area contributed by atoms with E-state index in [9.17, 15) is 13.2 Å². The van der Waals surface area contributed by atoms with Crippen LogP contribution >= 0.6 is 0 Å². The van der Waals surface area contributed by atoms with Crippen LogP contribution in [-0.4, -0.2) is 68.5 Å². The fourth-order valence-corrected chi connectivity index (χ4v) is 4.42. The molecular formula is C20H26N4O4S. The minimum Gasteiger partial charge on any atom is -0.471 e. The summed E-state index contributed by atoms with van der Waals surface area (Å²) in [4.78, 5) is 16.3. The highest BCUT2D eigenvalue weighted by Gasteiger charge is 2.26. The molecule has 1 amide bonds. The van der Waals surface area contributed by atoms with Crippen molar-refractivity contribution in [1.29, 1.82) is 0 Å². The van der Waals surface area contributed by atoms with Gasteiger partial charge in [0.2, 0.25) is 11.8 Å². The molecule has 1 aliphatic rings. The second-order valence-corrected chi connectivity index (χ2v) is 9.34. The number of nitrogens with zero attached hydrogens (tertiary/aromatic N) is 4. The second-order valence-electron chi connectivity index (χ2n) is 7.23. The van der Waals surface area contributed by atoms with Crippen LogP contribution in [0.5, 0.6) is 5.88 Å². The first-order valence-corrected chi connectivity index (χ1v) is 11.2. The van der Waals surface area contributed by atoms with Crippen LogP contribution in [0.15, 0.2) is 47.4 Å². The summed E-state index contributed by atoms with van der Waals surface area (Å²) < 4.78 is 30.7. The molecule has 0 bridgehead atoms. The fraction of sp³-hybridized carbons (Fsp3) is 0.450. The van der Waals surface area contributed by atoms with Gasteiger partial charge in [-0.1, -0.05) is 18.2 Å². The SMILES string of the molecule is CN(C)c1ccc(OC2CCCN(C(=O)CCS(=O)(=O)c3ccccc3)C2)nn1. The maximum Gasteiger partial charge on any atom is 0.233 e. The van der Waals surface area contributed by atoms with E-state index in [1.54, 1.807) is 41.3 Å². The Hall–Kier alpha value is -2.68. The molecule has 0 aliphatic carbocycles. The largest absolute Gasteiger partial charge is 0.471 e. The monoisotopic (exact) mass is 418 g/mol. The maximum atomic E-state index is 12.6. The molecule has 3 rings (SSSR count). The van der Waals surface area contributed by atoms with Crippen molar-refractivity contribution < 1.29 is 17.9 Å². The van der Waals surface area contributed by atoms with E-state index in [1.165, 1.54) is 0 Å². The van der Waals surface area contributed by atoms with Crippen molar-refractivity contribution in [2.24, 2.45) is 0 Å². The quantitative estimate of drug-likeness (QED) is 0.677. The van der Waals surface area contributed by atoms with E-state index in [1.807, 2.05) is 25.1 Å². The van der Waals surface area contributed by atoms with Gasteiger partial charge in [0.1, 0.15) is 6.10 Å². The number of amides is 1. The summed E-state index contributed by atoms with van der Waals surface area (Å²) in [6, 6.07) is 11.8. The predicted octanol–water partition coefficient (Wildman–Crippen LogP) is 1.78. The van der Waals surface area contributed by atoms with E-state index in [0.29, 0.717) is 19.0 Å². The van der Waals surface area contributed by atoms with Crippen molar-refractivity contribution in [3.63, 3.8) is 0 Å². The van der Waals surface area contributed by atoms with Crippen LogP contribution < -0.4 is 9.64 Å². The normalized spacial score (nSPS) is 17.0. The van der Waals surface area contributed by atoms with Gasteiger partial charge in [-0.15, -0.1) is 10.2 Å². The van der Waals surface area contributed by atoms with Crippen molar-refractivity contribution in [3.8, 4) is 5.88 Å². The third-order valence-electron chi connectivity index (χ3n) is 4.79. The minimum absolute atomic E-state index is 0.0404. The number of piperidine rings is 1. The standard InChI is InChI=1S/C20H26N4O4S/c1-23(2)18-10-11-19(22-21-18)28-16-7-6-13-24(15-16)20(25)12-14-29(26,27)17-8-4-3-5-9-17/h3-5,8-11,16H,6-7,12-15H2,1-2H3. The van der Waals surface area contributed by atoms with Crippen molar-refractivity contribution in [1.82, 2.24) is 15.1 Å². The molecule has 156 valence electrons. The molecule has 1 fully saturated rings. The molecular weight excluding hydrogens is 392 g/mol. The summed E-state index contributed by atoms with van der Waals surface area (Å²) in [5.41, 5.74) is 0. The Balaban J connectivity index is 1.54. The van der Waals surface area contributed by atoms with E-state index in [2.05, 4.69) is 10.2 Å². The smallest absolute Gasteiger partial charge is 0.233 e. The second kappa shape index (κ2) is 9.21. The Labute approximate surface area is 171 Å². The van der Waals surface area contributed by atoms with Crippen LogP contribution in [0.25, 0.3) is 0 Å². The zero-order valence-corrected chi connectivity index (χ0v) is 17.5. The number of sulfone groups is 1. The van der Waals surface area contributed by atoms with Crippen LogP contribution in [0, 0.1) is 0 Å². The molecule has 1 aromatic carbocycles. The topological polar surface area (TPSA) is 92.7 Å². The molecule has 1 saturated heterocycles. The maximum absolute atomic E-state index is 12.6. The van der Waals surface area contributed by atoms with Gasteiger partial charge in [-0.05, 0) is 31.0 Å². The number of aromatic nitrogens is 2. The Bertz CT molecular complexity index is 917. The molecule has 2 heterocycles. The first-order valence-electron chi connectivity index (χ1n) is 9.58. The summed E-state index contributed by atoms with van der Waals surface area (Å²) in [5, 5.41) is 8.16. The van der Waals surface area contributed by atoms with Crippen LogP contribution in [0.1, 0.15) is 19.3 Å².